The van der Waals surface area contributed by atoms with Crippen LogP contribution in [0.25, 0.3) is 5.70 Å². The van der Waals surface area contributed by atoms with Crippen molar-refractivity contribution in [3.63, 3.8) is 0 Å². The maximum atomic E-state index is 14.1. The molecule has 2 aliphatic rings. The van der Waals surface area contributed by atoms with Crippen LogP contribution in [0.5, 0.6) is 0 Å². The summed E-state index contributed by atoms with van der Waals surface area (Å²) in [6.07, 6.45) is 6.96. The highest BCUT2D eigenvalue weighted by molar-refractivity contribution is 5.77. The molecule has 2 aromatic rings. The Morgan fingerprint density at radius 1 is 1.30 bits per heavy atom. The fraction of sp³-hybridized carbons (Fsp3) is 0.222. The first-order valence-corrected chi connectivity index (χ1v) is 8.49. The van der Waals surface area contributed by atoms with E-state index in [0.717, 1.165) is 22.7 Å². The Bertz CT molecular complexity index is 933. The Morgan fingerprint density at radius 2 is 2.15 bits per heavy atom. The number of fused-ring (bicyclic) bond motifs is 1. The average molecular weight is 369 g/mol. The van der Waals surface area contributed by atoms with Crippen LogP contribution in [0.2, 0.25) is 0 Å². The maximum Gasteiger partial charge on any atom is 0.128 e. The number of hydrazine groups is 2. The van der Waals surface area contributed by atoms with E-state index < -0.39 is 0 Å². The molecule has 0 saturated heterocycles. The Labute approximate surface area is 156 Å². The third-order valence-electron chi connectivity index (χ3n) is 4.34. The van der Waals surface area contributed by atoms with Crippen molar-refractivity contribution in [1.82, 2.24) is 25.2 Å². The van der Waals surface area contributed by atoms with Crippen LogP contribution in [0.3, 0.4) is 0 Å². The van der Waals surface area contributed by atoms with Gasteiger partial charge in [0.15, 0.2) is 0 Å². The summed E-state index contributed by atoms with van der Waals surface area (Å²) in [4.78, 5) is 4.44. The van der Waals surface area contributed by atoms with Gasteiger partial charge in [-0.15, -0.1) is 0 Å². The number of nitrogens with zero attached hydrogens (tertiary/aromatic N) is 5. The summed E-state index contributed by atoms with van der Waals surface area (Å²) >= 11 is 0. The lowest BCUT2D eigenvalue weighted by molar-refractivity contribution is 0.183. The van der Waals surface area contributed by atoms with E-state index in [1.807, 2.05) is 17.3 Å². The molecule has 0 aliphatic carbocycles. The predicted molar refractivity (Wildman–Crippen MR) is 98.7 cm³/mol. The first-order valence-electron chi connectivity index (χ1n) is 8.49. The summed E-state index contributed by atoms with van der Waals surface area (Å²) in [7, 11) is 1.65. The third kappa shape index (κ3) is 3.42. The Kier molecular flexibility index (Phi) is 4.61. The topological polar surface area (TPSA) is 83.9 Å². The molecule has 3 N–H and O–H groups in total. The lowest BCUT2D eigenvalue weighted by atomic mass is 10.2. The molecule has 0 amide bonds. The minimum atomic E-state index is -0.258. The molecule has 27 heavy (non-hydrogen) atoms. The number of halogens is 1. The van der Waals surface area contributed by atoms with Gasteiger partial charge in [-0.05, 0) is 6.07 Å². The smallest absolute Gasteiger partial charge is 0.128 e. The van der Waals surface area contributed by atoms with Gasteiger partial charge in [-0.2, -0.15) is 5.10 Å². The van der Waals surface area contributed by atoms with Gasteiger partial charge in [0, 0.05) is 30.6 Å². The van der Waals surface area contributed by atoms with Crippen molar-refractivity contribution in [3.05, 3.63) is 71.2 Å². The zero-order valence-electron chi connectivity index (χ0n) is 14.8. The second-order valence-corrected chi connectivity index (χ2v) is 6.20. The second kappa shape index (κ2) is 7.22. The molecule has 0 spiro atoms. The van der Waals surface area contributed by atoms with Crippen molar-refractivity contribution in [2.75, 3.05) is 13.7 Å². The van der Waals surface area contributed by atoms with Gasteiger partial charge in [0.05, 0.1) is 31.6 Å². The van der Waals surface area contributed by atoms with E-state index in [0.29, 0.717) is 25.3 Å². The van der Waals surface area contributed by atoms with Crippen molar-refractivity contribution in [2.45, 2.75) is 13.1 Å². The van der Waals surface area contributed by atoms with Crippen LogP contribution in [-0.2, 0) is 17.8 Å². The first-order chi connectivity index (χ1) is 13.2. The van der Waals surface area contributed by atoms with Crippen LogP contribution in [-0.4, -0.2) is 39.9 Å². The van der Waals surface area contributed by atoms with E-state index in [1.165, 1.54) is 17.4 Å². The van der Waals surface area contributed by atoms with Crippen molar-refractivity contribution in [3.8, 4) is 0 Å². The number of ether oxygens (including phenoxy) is 1. The summed E-state index contributed by atoms with van der Waals surface area (Å²) in [5.74, 6) is 5.59. The molecule has 4 rings (SSSR count). The van der Waals surface area contributed by atoms with Crippen molar-refractivity contribution in [2.24, 2.45) is 10.8 Å². The molecule has 0 saturated carbocycles. The number of nitrogens with two attached hydrogens (primary N) is 1. The van der Waals surface area contributed by atoms with Crippen LogP contribution in [0.1, 0.15) is 11.1 Å². The van der Waals surface area contributed by atoms with Gasteiger partial charge in [-0.25, -0.2) is 15.2 Å². The zero-order chi connectivity index (χ0) is 18.8. The van der Waals surface area contributed by atoms with Gasteiger partial charge in [0.1, 0.15) is 23.5 Å². The Balaban J connectivity index is 1.63. The summed E-state index contributed by atoms with van der Waals surface area (Å²) in [5, 5.41) is 7.55. The molecule has 0 bridgehead atoms. The molecule has 9 heteroatoms. The molecule has 8 nitrogen and oxygen atoms in total. The molecule has 0 atom stereocenters. The normalized spacial score (nSPS) is 15.9. The molecular formula is C18H20FN7O. The number of benzene rings is 1. The van der Waals surface area contributed by atoms with Crippen LogP contribution < -0.4 is 11.3 Å². The number of hydrogen-bond acceptors (Lipinski definition) is 7. The highest BCUT2D eigenvalue weighted by atomic mass is 19.1. The lowest BCUT2D eigenvalue weighted by Gasteiger charge is -2.24. The number of hydrogen-bond donors (Lipinski definition) is 2. The first kappa shape index (κ1) is 17.3. The van der Waals surface area contributed by atoms with E-state index in [-0.39, 0.29) is 5.82 Å². The highest BCUT2D eigenvalue weighted by Gasteiger charge is 2.30. The summed E-state index contributed by atoms with van der Waals surface area (Å²) in [6, 6.07) is 6.69. The molecule has 3 heterocycles. The van der Waals surface area contributed by atoms with Crippen LogP contribution in [0.15, 0.2) is 59.2 Å². The van der Waals surface area contributed by atoms with Gasteiger partial charge in [-0.1, -0.05) is 18.2 Å². The fourth-order valence-corrected chi connectivity index (χ4v) is 2.99. The summed E-state index contributed by atoms with van der Waals surface area (Å²) in [5.41, 5.74) is 7.06. The standard InChI is InChI=1S/C18H20FN7O/c1-27-7-6-25-9-14(8-22-25)17-18-16(11-24(20)12-21-18)26(23-17)10-13-4-2-3-5-15(13)19/h2-5,8-9,11-12,23H,6-7,10,20H2,1H3. The third-order valence-corrected chi connectivity index (χ3v) is 4.34. The van der Waals surface area contributed by atoms with E-state index in [9.17, 15) is 4.39 Å². The predicted octanol–water partition coefficient (Wildman–Crippen LogP) is 1.42. The van der Waals surface area contributed by atoms with Gasteiger partial charge >= 0.3 is 0 Å². The van der Waals surface area contributed by atoms with Gasteiger partial charge < -0.3 is 4.74 Å². The highest BCUT2D eigenvalue weighted by Crippen LogP contribution is 2.34. The zero-order valence-corrected chi connectivity index (χ0v) is 14.8. The minimum Gasteiger partial charge on any atom is -0.383 e. The number of methoxy groups -OCH3 is 1. The molecule has 0 unspecified atom stereocenters. The van der Waals surface area contributed by atoms with Gasteiger partial charge in [-0.3, -0.25) is 20.1 Å². The fourth-order valence-electron chi connectivity index (χ4n) is 2.99. The van der Waals surface area contributed by atoms with Crippen molar-refractivity contribution in [1.29, 1.82) is 0 Å². The number of rotatable bonds is 6. The Morgan fingerprint density at radius 3 is 2.96 bits per heavy atom. The molecule has 140 valence electrons. The lowest BCUT2D eigenvalue weighted by Crippen LogP contribution is -2.33. The van der Waals surface area contributed by atoms with Crippen LogP contribution in [0, 0.1) is 5.82 Å². The largest absolute Gasteiger partial charge is 0.383 e. The molecule has 1 aromatic carbocycles. The van der Waals surface area contributed by atoms with E-state index in [1.54, 1.807) is 36.3 Å². The number of aliphatic imine (C=N–C) groups is 1. The molecule has 0 fully saturated rings. The van der Waals surface area contributed by atoms with E-state index in [4.69, 9.17) is 10.6 Å². The molecular weight excluding hydrogens is 349 g/mol. The average Bonchev–Trinajstić information content (AvgIpc) is 3.26. The number of aromatic nitrogens is 2. The molecule has 1 aromatic heterocycles. The number of nitrogens with one attached hydrogen (secondary N) is 1. The van der Waals surface area contributed by atoms with Crippen LogP contribution in [0.4, 0.5) is 4.39 Å². The van der Waals surface area contributed by atoms with E-state index in [2.05, 4.69) is 15.5 Å². The second-order valence-electron chi connectivity index (χ2n) is 6.20. The monoisotopic (exact) mass is 369 g/mol. The van der Waals surface area contributed by atoms with Crippen molar-refractivity contribution < 1.29 is 9.13 Å². The molecule has 0 radical (unpaired) electrons. The SMILES string of the molecule is COCCn1cc(C2=C3N=CN(N)C=C3N(Cc3ccccc3F)N2)cn1. The van der Waals surface area contributed by atoms with Gasteiger partial charge in [0.25, 0.3) is 0 Å². The maximum absolute atomic E-state index is 14.1. The van der Waals surface area contributed by atoms with E-state index >= 15 is 0 Å². The Hall–Kier alpha value is -3.17. The quantitative estimate of drug-likeness (QED) is 0.750. The van der Waals surface area contributed by atoms with Crippen molar-refractivity contribution >= 4 is 12.0 Å². The minimum absolute atomic E-state index is 0.258. The van der Waals surface area contributed by atoms with Crippen LogP contribution >= 0.6 is 0 Å². The van der Waals surface area contributed by atoms with Gasteiger partial charge in [0.2, 0.25) is 0 Å². The molecule has 2 aliphatic heterocycles. The summed E-state index contributed by atoms with van der Waals surface area (Å²) in [6.45, 7) is 1.55. The summed E-state index contributed by atoms with van der Waals surface area (Å²) < 4.78 is 21.0.